The van der Waals surface area contributed by atoms with Crippen LogP contribution in [0.1, 0.15) is 64.5 Å². The van der Waals surface area contributed by atoms with Crippen LogP contribution in [0.5, 0.6) is 0 Å². The number of halogens is 8. The van der Waals surface area contributed by atoms with Crippen LogP contribution in [0.25, 0.3) is 44.5 Å². The Morgan fingerprint density at radius 2 is 0.912 bits per heavy atom. The third-order valence-corrected chi connectivity index (χ3v) is 11.5. The molecule has 7 aromatic carbocycles. The highest BCUT2D eigenvalue weighted by atomic mass is 35.5. The third kappa shape index (κ3) is 11.8. The van der Waals surface area contributed by atoms with Crippen molar-refractivity contribution in [3.8, 4) is 44.5 Å². The van der Waals surface area contributed by atoms with E-state index in [1.54, 1.807) is 103 Å². The highest BCUT2D eigenvalue weighted by molar-refractivity contribution is 6.34. The SMILES string of the molecule is COC(=O)c1ccc(-c2ccc(Cl)c(-c3ccc(C(F)(F)F)cc3CO)c2)c(C)c1.COC(=O)c1ccc(-c2ccc(Cl)c(-c3ccc(C(F)(F)F)cc3COC(=O)c3ccccc3)c2)c(C)c1. The van der Waals surface area contributed by atoms with Gasteiger partial charge in [-0.25, -0.2) is 14.4 Å². The first-order valence-corrected chi connectivity index (χ1v) is 21.2. The quantitative estimate of drug-likeness (QED) is 0.0828. The molecular formula is C53H40Cl2F6O7. The summed E-state index contributed by atoms with van der Waals surface area (Å²) in [4.78, 5) is 36.1. The molecule has 0 amide bonds. The predicted octanol–water partition coefficient (Wildman–Crippen LogP) is 14.4. The van der Waals surface area contributed by atoms with Crippen molar-refractivity contribution in [2.75, 3.05) is 14.2 Å². The average molecular weight is 974 g/mol. The van der Waals surface area contributed by atoms with Crippen molar-refractivity contribution >= 4 is 41.1 Å². The van der Waals surface area contributed by atoms with Crippen LogP contribution < -0.4 is 0 Å². The minimum absolute atomic E-state index is 0.127. The van der Waals surface area contributed by atoms with Crippen LogP contribution in [-0.2, 0) is 39.8 Å². The zero-order chi connectivity index (χ0) is 49.5. The third-order valence-electron chi connectivity index (χ3n) is 10.8. The Balaban J connectivity index is 0.000000230. The molecule has 1 N–H and O–H groups in total. The molecule has 0 radical (unpaired) electrons. The molecular weight excluding hydrogens is 933 g/mol. The van der Waals surface area contributed by atoms with Gasteiger partial charge in [-0.15, -0.1) is 0 Å². The lowest BCUT2D eigenvalue weighted by Crippen LogP contribution is -2.09. The summed E-state index contributed by atoms with van der Waals surface area (Å²) in [5.41, 5.74) is 6.23. The molecule has 0 spiro atoms. The van der Waals surface area contributed by atoms with Gasteiger partial charge in [-0.2, -0.15) is 26.3 Å². The predicted molar refractivity (Wildman–Crippen MR) is 248 cm³/mol. The molecule has 68 heavy (non-hydrogen) atoms. The zero-order valence-electron chi connectivity index (χ0n) is 36.6. The minimum atomic E-state index is -4.58. The highest BCUT2D eigenvalue weighted by Crippen LogP contribution is 2.41. The molecule has 7 rings (SSSR count). The van der Waals surface area contributed by atoms with Gasteiger partial charge >= 0.3 is 30.3 Å². The molecule has 0 aliphatic carbocycles. The Morgan fingerprint density at radius 1 is 0.485 bits per heavy atom. The number of hydrogen-bond acceptors (Lipinski definition) is 7. The van der Waals surface area contributed by atoms with E-state index in [1.807, 2.05) is 13.8 Å². The molecule has 0 fully saturated rings. The standard InChI is InChI=1S/C30H22ClF3O4.C23H18ClF3O3/c1-18-14-21(28(35)37-2)8-11-24(18)20-9-13-27(31)26(16-20)25-12-10-23(30(32,33)34)15-22(25)17-38-29(36)19-6-4-3-5-7-19;1-13-9-15(22(29)30-2)3-6-18(13)14-4-8-21(24)20(11-14)19-7-5-17(23(25,26)27)10-16(19)12-28/h3-16H,17H2,1-2H3;3-11,28H,12H2,1-2H3. The summed E-state index contributed by atoms with van der Waals surface area (Å²) in [6.45, 7) is 2.73. The maximum Gasteiger partial charge on any atom is 0.416 e. The fourth-order valence-corrected chi connectivity index (χ4v) is 7.82. The number of alkyl halides is 6. The summed E-state index contributed by atoms with van der Waals surface area (Å²) in [5, 5.41) is 10.3. The normalized spacial score (nSPS) is 11.3. The molecule has 0 saturated carbocycles. The Hall–Kier alpha value is -6.93. The van der Waals surface area contributed by atoms with Crippen LogP contribution in [-0.4, -0.2) is 37.2 Å². The van der Waals surface area contributed by atoms with E-state index < -0.39 is 48.0 Å². The van der Waals surface area contributed by atoms with E-state index in [9.17, 15) is 45.8 Å². The number of hydrogen-bond donors (Lipinski definition) is 1. The maximum absolute atomic E-state index is 13.5. The molecule has 0 heterocycles. The van der Waals surface area contributed by atoms with Gasteiger partial charge in [0, 0.05) is 21.2 Å². The Bertz CT molecular complexity index is 3000. The maximum atomic E-state index is 13.5. The molecule has 0 unspecified atom stereocenters. The molecule has 0 aliphatic heterocycles. The minimum Gasteiger partial charge on any atom is -0.465 e. The second-order valence-corrected chi connectivity index (χ2v) is 16.1. The van der Waals surface area contributed by atoms with E-state index in [-0.39, 0.29) is 23.3 Å². The summed E-state index contributed by atoms with van der Waals surface area (Å²) < 4.78 is 94.5. The van der Waals surface area contributed by atoms with Crippen molar-refractivity contribution in [1.82, 2.24) is 0 Å². The zero-order valence-corrected chi connectivity index (χ0v) is 38.1. The van der Waals surface area contributed by atoms with Crippen LogP contribution in [0.15, 0.2) is 140 Å². The molecule has 0 bridgehead atoms. The molecule has 15 heteroatoms. The molecule has 0 atom stereocenters. The lowest BCUT2D eigenvalue weighted by Gasteiger charge is -2.17. The average Bonchev–Trinajstić information content (AvgIpc) is 3.32. The monoisotopic (exact) mass is 972 g/mol. The molecule has 0 saturated heterocycles. The van der Waals surface area contributed by atoms with Crippen LogP contribution in [0, 0.1) is 13.8 Å². The number of aliphatic hydroxyl groups excluding tert-OH is 1. The fraction of sp³-hybridized carbons (Fsp3) is 0.151. The van der Waals surface area contributed by atoms with Gasteiger partial charge in [-0.3, -0.25) is 0 Å². The van der Waals surface area contributed by atoms with E-state index in [2.05, 4.69) is 0 Å². The Labute approximate surface area is 397 Å². The first-order valence-electron chi connectivity index (χ1n) is 20.5. The van der Waals surface area contributed by atoms with Gasteiger partial charge in [0.25, 0.3) is 0 Å². The molecule has 0 aliphatic rings. The van der Waals surface area contributed by atoms with E-state index in [1.165, 1.54) is 26.4 Å². The van der Waals surface area contributed by atoms with Crippen molar-refractivity contribution in [3.63, 3.8) is 0 Å². The van der Waals surface area contributed by atoms with Crippen molar-refractivity contribution in [3.05, 3.63) is 200 Å². The van der Waals surface area contributed by atoms with Gasteiger partial charge < -0.3 is 19.3 Å². The second kappa shape index (κ2) is 21.4. The number of carbonyl (C=O) groups is 3. The van der Waals surface area contributed by atoms with Crippen LogP contribution in [0.4, 0.5) is 26.3 Å². The highest BCUT2D eigenvalue weighted by Gasteiger charge is 2.32. The summed E-state index contributed by atoms with van der Waals surface area (Å²) in [6, 6.07) is 35.2. The van der Waals surface area contributed by atoms with Crippen molar-refractivity contribution in [2.45, 2.75) is 39.4 Å². The van der Waals surface area contributed by atoms with Gasteiger partial charge in [-0.05, 0) is 154 Å². The Kier molecular flexibility index (Phi) is 15.9. The summed E-state index contributed by atoms with van der Waals surface area (Å²) >= 11 is 12.8. The first-order chi connectivity index (χ1) is 32.2. The van der Waals surface area contributed by atoms with E-state index >= 15 is 0 Å². The number of rotatable bonds is 10. The number of aryl methyl sites for hydroxylation is 2. The number of benzene rings is 7. The topological polar surface area (TPSA) is 99.1 Å². The van der Waals surface area contributed by atoms with Crippen molar-refractivity contribution in [2.24, 2.45) is 0 Å². The van der Waals surface area contributed by atoms with Gasteiger partial charge in [0.1, 0.15) is 6.61 Å². The van der Waals surface area contributed by atoms with Crippen LogP contribution in [0.2, 0.25) is 10.0 Å². The number of carbonyl (C=O) groups excluding carboxylic acids is 3. The lowest BCUT2D eigenvalue weighted by atomic mass is 9.92. The number of methoxy groups -OCH3 is 2. The first kappa shape index (κ1) is 50.5. The number of aliphatic hydroxyl groups is 1. The number of ether oxygens (including phenoxy) is 3. The molecule has 7 nitrogen and oxygen atoms in total. The van der Waals surface area contributed by atoms with Crippen LogP contribution >= 0.6 is 23.2 Å². The molecule has 7 aromatic rings. The summed E-state index contributed by atoms with van der Waals surface area (Å²) in [6.07, 6.45) is -9.09. The van der Waals surface area contributed by atoms with E-state index in [0.29, 0.717) is 43.4 Å². The smallest absolute Gasteiger partial charge is 0.416 e. The van der Waals surface area contributed by atoms with Gasteiger partial charge in [0.2, 0.25) is 0 Å². The van der Waals surface area contributed by atoms with Gasteiger partial charge in [-0.1, -0.05) is 77.8 Å². The largest absolute Gasteiger partial charge is 0.465 e. The second-order valence-electron chi connectivity index (χ2n) is 15.3. The van der Waals surface area contributed by atoms with Crippen molar-refractivity contribution in [1.29, 1.82) is 0 Å². The Morgan fingerprint density at radius 3 is 1.32 bits per heavy atom. The van der Waals surface area contributed by atoms with E-state index in [4.69, 9.17) is 37.4 Å². The van der Waals surface area contributed by atoms with Crippen molar-refractivity contribution < 1.29 is 60.0 Å². The van der Waals surface area contributed by atoms with E-state index in [0.717, 1.165) is 57.6 Å². The van der Waals surface area contributed by atoms with Gasteiger partial charge in [0.15, 0.2) is 0 Å². The van der Waals surface area contributed by atoms with Crippen LogP contribution in [0.3, 0.4) is 0 Å². The lowest BCUT2D eigenvalue weighted by molar-refractivity contribution is -0.138. The molecule has 0 aromatic heterocycles. The van der Waals surface area contributed by atoms with Gasteiger partial charge in [0.05, 0.1) is 48.6 Å². The fourth-order valence-electron chi connectivity index (χ4n) is 7.38. The molecule has 350 valence electrons. The summed E-state index contributed by atoms with van der Waals surface area (Å²) in [7, 11) is 2.61. The number of esters is 3. The summed E-state index contributed by atoms with van der Waals surface area (Å²) in [5.74, 6) is -1.56.